The van der Waals surface area contributed by atoms with E-state index in [-0.39, 0.29) is 12.1 Å². The Labute approximate surface area is 145 Å². The van der Waals surface area contributed by atoms with Crippen LogP contribution in [-0.2, 0) is 15.0 Å². The molecule has 1 amide bonds. The van der Waals surface area contributed by atoms with E-state index in [2.05, 4.69) is 5.32 Å². The van der Waals surface area contributed by atoms with Gasteiger partial charge in [0.15, 0.2) is 0 Å². The van der Waals surface area contributed by atoms with Crippen LogP contribution in [0.4, 0.5) is 8.78 Å². The standard InChI is InChI=1S/C19H23F2NO3/c20-13-6-4-7-14(21)15(13)19(10-5-11-19)16(23)22-12-18(17(24)25)8-2-1-3-9-18/h4,6-7H,1-3,5,8-12H2,(H,22,23)(H,24,25). The molecule has 0 saturated heterocycles. The number of benzene rings is 1. The highest BCUT2D eigenvalue weighted by Crippen LogP contribution is 2.46. The number of carboxylic acids is 1. The lowest BCUT2D eigenvalue weighted by molar-refractivity contribution is -0.151. The van der Waals surface area contributed by atoms with Crippen molar-refractivity contribution in [3.05, 3.63) is 35.4 Å². The Morgan fingerprint density at radius 2 is 1.60 bits per heavy atom. The lowest BCUT2D eigenvalue weighted by Crippen LogP contribution is -2.53. The summed E-state index contributed by atoms with van der Waals surface area (Å²) in [6.45, 7) is 0.0129. The van der Waals surface area contributed by atoms with Crippen molar-refractivity contribution in [3.8, 4) is 0 Å². The van der Waals surface area contributed by atoms with E-state index >= 15 is 0 Å². The Morgan fingerprint density at radius 3 is 2.08 bits per heavy atom. The Morgan fingerprint density at radius 1 is 1.00 bits per heavy atom. The molecule has 1 aromatic rings. The van der Waals surface area contributed by atoms with Crippen LogP contribution in [0.3, 0.4) is 0 Å². The summed E-state index contributed by atoms with van der Waals surface area (Å²) in [5.41, 5.74) is -2.37. The van der Waals surface area contributed by atoms with Gasteiger partial charge < -0.3 is 10.4 Å². The second kappa shape index (κ2) is 6.73. The van der Waals surface area contributed by atoms with Crippen LogP contribution in [0.25, 0.3) is 0 Å². The van der Waals surface area contributed by atoms with Gasteiger partial charge in [-0.1, -0.05) is 31.7 Å². The Balaban J connectivity index is 1.80. The van der Waals surface area contributed by atoms with Crippen molar-refractivity contribution in [2.75, 3.05) is 6.54 Å². The van der Waals surface area contributed by atoms with E-state index < -0.39 is 34.3 Å². The molecule has 2 N–H and O–H groups in total. The number of nitrogens with one attached hydrogen (secondary N) is 1. The van der Waals surface area contributed by atoms with Crippen LogP contribution in [-0.4, -0.2) is 23.5 Å². The third-order valence-electron chi connectivity index (χ3n) is 5.93. The Bertz CT molecular complexity index is 659. The highest BCUT2D eigenvalue weighted by molar-refractivity contribution is 5.90. The van der Waals surface area contributed by atoms with Crippen LogP contribution < -0.4 is 5.32 Å². The molecule has 0 bridgehead atoms. The number of amides is 1. The fourth-order valence-corrected chi connectivity index (χ4v) is 4.19. The topological polar surface area (TPSA) is 66.4 Å². The molecular weight excluding hydrogens is 328 g/mol. The molecule has 4 nitrogen and oxygen atoms in total. The molecule has 0 radical (unpaired) electrons. The largest absolute Gasteiger partial charge is 0.481 e. The summed E-state index contributed by atoms with van der Waals surface area (Å²) in [6.07, 6.45) is 5.12. The Hall–Kier alpha value is -1.98. The first kappa shape index (κ1) is 17.8. The summed E-state index contributed by atoms with van der Waals surface area (Å²) in [5.74, 6) is -2.82. The maximum Gasteiger partial charge on any atom is 0.311 e. The smallest absolute Gasteiger partial charge is 0.311 e. The molecule has 25 heavy (non-hydrogen) atoms. The second-order valence-corrected chi connectivity index (χ2v) is 7.36. The van der Waals surface area contributed by atoms with Gasteiger partial charge in [-0.25, -0.2) is 8.78 Å². The predicted octanol–water partition coefficient (Wildman–Crippen LogP) is 3.54. The number of halogens is 2. The van der Waals surface area contributed by atoms with E-state index in [4.69, 9.17) is 0 Å². The molecule has 1 aromatic carbocycles. The van der Waals surface area contributed by atoms with Gasteiger partial charge in [0.05, 0.1) is 10.8 Å². The first-order valence-electron chi connectivity index (χ1n) is 8.88. The van der Waals surface area contributed by atoms with Gasteiger partial charge in [0.25, 0.3) is 0 Å². The number of carbonyl (C=O) groups is 2. The van der Waals surface area contributed by atoms with Gasteiger partial charge >= 0.3 is 5.97 Å². The maximum absolute atomic E-state index is 14.2. The quantitative estimate of drug-likeness (QED) is 0.853. The molecule has 0 aliphatic heterocycles. The number of hydrogen-bond donors (Lipinski definition) is 2. The lowest BCUT2D eigenvalue weighted by atomic mass is 9.63. The molecule has 0 heterocycles. The van der Waals surface area contributed by atoms with Crippen molar-refractivity contribution in [2.24, 2.45) is 5.41 Å². The van der Waals surface area contributed by atoms with Crippen LogP contribution in [0.5, 0.6) is 0 Å². The van der Waals surface area contributed by atoms with E-state index in [9.17, 15) is 23.5 Å². The van der Waals surface area contributed by atoms with Crippen LogP contribution in [0.2, 0.25) is 0 Å². The van der Waals surface area contributed by atoms with E-state index in [1.165, 1.54) is 6.07 Å². The highest BCUT2D eigenvalue weighted by Gasteiger charge is 2.50. The number of hydrogen-bond acceptors (Lipinski definition) is 2. The molecule has 3 rings (SSSR count). The normalized spacial score (nSPS) is 21.2. The minimum Gasteiger partial charge on any atom is -0.481 e. The maximum atomic E-state index is 14.2. The van der Waals surface area contributed by atoms with Crippen LogP contribution in [0.1, 0.15) is 56.9 Å². The minimum absolute atomic E-state index is 0.0129. The van der Waals surface area contributed by atoms with E-state index in [0.29, 0.717) is 32.1 Å². The zero-order valence-electron chi connectivity index (χ0n) is 14.1. The number of carboxylic acid groups (broad SMARTS) is 1. The van der Waals surface area contributed by atoms with Crippen molar-refractivity contribution in [3.63, 3.8) is 0 Å². The molecule has 2 aliphatic carbocycles. The molecule has 0 unspecified atom stereocenters. The first-order chi connectivity index (χ1) is 11.9. The number of aliphatic carboxylic acids is 1. The molecule has 0 atom stereocenters. The third-order valence-corrected chi connectivity index (χ3v) is 5.93. The molecule has 0 spiro atoms. The van der Waals surface area contributed by atoms with Gasteiger partial charge in [0.1, 0.15) is 11.6 Å². The van der Waals surface area contributed by atoms with E-state index in [0.717, 1.165) is 31.4 Å². The zero-order chi connectivity index (χ0) is 18.1. The average molecular weight is 351 g/mol. The molecule has 2 aliphatic rings. The van der Waals surface area contributed by atoms with Crippen molar-refractivity contribution in [2.45, 2.75) is 56.8 Å². The summed E-state index contributed by atoms with van der Waals surface area (Å²) in [5, 5.41) is 12.3. The molecule has 0 aromatic heterocycles. The monoisotopic (exact) mass is 351 g/mol. The van der Waals surface area contributed by atoms with E-state index in [1.54, 1.807) is 0 Å². The summed E-state index contributed by atoms with van der Waals surface area (Å²) in [4.78, 5) is 24.6. The fourth-order valence-electron chi connectivity index (χ4n) is 4.19. The van der Waals surface area contributed by atoms with Crippen molar-refractivity contribution in [1.29, 1.82) is 0 Å². The van der Waals surface area contributed by atoms with E-state index in [1.807, 2.05) is 0 Å². The molecular formula is C19H23F2NO3. The summed E-state index contributed by atoms with van der Waals surface area (Å²) < 4.78 is 28.4. The Kier molecular flexibility index (Phi) is 4.80. The molecule has 136 valence electrons. The van der Waals surface area contributed by atoms with Crippen molar-refractivity contribution in [1.82, 2.24) is 5.32 Å². The molecule has 6 heteroatoms. The SMILES string of the molecule is O=C(O)C1(CNC(=O)C2(c3c(F)cccc3F)CCC2)CCCCC1. The fraction of sp³-hybridized carbons (Fsp3) is 0.579. The molecule has 2 saturated carbocycles. The first-order valence-corrected chi connectivity index (χ1v) is 8.88. The van der Waals surface area contributed by atoms with Crippen LogP contribution >= 0.6 is 0 Å². The van der Waals surface area contributed by atoms with Crippen molar-refractivity contribution < 1.29 is 23.5 Å². The van der Waals surface area contributed by atoms with Crippen molar-refractivity contribution >= 4 is 11.9 Å². The summed E-state index contributed by atoms with van der Waals surface area (Å²) >= 11 is 0. The second-order valence-electron chi connectivity index (χ2n) is 7.36. The average Bonchev–Trinajstić information content (AvgIpc) is 2.55. The summed E-state index contributed by atoms with van der Waals surface area (Å²) in [6, 6.07) is 3.59. The van der Waals surface area contributed by atoms with Crippen LogP contribution in [0, 0.1) is 17.0 Å². The molecule has 2 fully saturated rings. The predicted molar refractivity (Wildman–Crippen MR) is 88.1 cm³/mol. The van der Waals surface area contributed by atoms with Gasteiger partial charge in [-0.2, -0.15) is 0 Å². The third kappa shape index (κ3) is 3.02. The van der Waals surface area contributed by atoms with Gasteiger partial charge in [-0.15, -0.1) is 0 Å². The lowest BCUT2D eigenvalue weighted by Gasteiger charge is -2.42. The van der Waals surface area contributed by atoms with Gasteiger partial charge in [-0.05, 0) is 37.8 Å². The summed E-state index contributed by atoms with van der Waals surface area (Å²) in [7, 11) is 0. The van der Waals surface area contributed by atoms with Crippen LogP contribution in [0.15, 0.2) is 18.2 Å². The van der Waals surface area contributed by atoms with Gasteiger partial charge in [0, 0.05) is 12.1 Å². The van der Waals surface area contributed by atoms with Gasteiger partial charge in [-0.3, -0.25) is 9.59 Å². The number of rotatable bonds is 5. The number of carbonyl (C=O) groups excluding carboxylic acids is 1. The van der Waals surface area contributed by atoms with Gasteiger partial charge in [0.2, 0.25) is 5.91 Å². The zero-order valence-corrected chi connectivity index (χ0v) is 14.1. The minimum atomic E-state index is -1.22. The highest BCUT2D eigenvalue weighted by atomic mass is 19.1.